The van der Waals surface area contributed by atoms with Gasteiger partial charge >= 0.3 is 6.09 Å². The molecule has 0 atom stereocenters. The molecule has 2 heterocycles. The van der Waals surface area contributed by atoms with Gasteiger partial charge in [0.25, 0.3) is 0 Å². The molecule has 268 valence electrons. The zero-order valence-corrected chi connectivity index (χ0v) is 29.9. The molecule has 2 aromatic carbocycles. The Labute approximate surface area is 299 Å². The fourth-order valence-corrected chi connectivity index (χ4v) is 6.37. The van der Waals surface area contributed by atoms with Crippen molar-refractivity contribution in [2.45, 2.75) is 90.6 Å². The minimum Gasteiger partial charge on any atom is -0.443 e. The van der Waals surface area contributed by atoms with E-state index in [0.29, 0.717) is 22.9 Å². The highest BCUT2D eigenvalue weighted by atomic mass is 35.5. The van der Waals surface area contributed by atoms with E-state index in [2.05, 4.69) is 25.6 Å². The van der Waals surface area contributed by atoms with E-state index in [4.69, 9.17) is 16.2 Å². The molecule has 2 saturated carbocycles. The normalized spacial score (nSPS) is 15.2. The molecular weight excluding hydrogens is 656 g/mol. The molecule has 2 aliphatic rings. The second-order valence-electron chi connectivity index (χ2n) is 13.7. The van der Waals surface area contributed by atoms with E-state index in [1.54, 1.807) is 27.0 Å². The summed E-state index contributed by atoms with van der Waals surface area (Å²) in [5.74, 6) is 0.718. The van der Waals surface area contributed by atoms with Crippen LogP contribution in [0.15, 0.2) is 60.9 Å². The van der Waals surface area contributed by atoms with Crippen molar-refractivity contribution in [1.82, 2.24) is 19.5 Å². The third-order valence-electron chi connectivity index (χ3n) is 8.85. The van der Waals surface area contributed by atoms with Gasteiger partial charge in [0.15, 0.2) is 5.95 Å². The molecule has 12 nitrogen and oxygen atoms in total. The van der Waals surface area contributed by atoms with E-state index in [1.807, 2.05) is 48.5 Å². The molecule has 0 saturated heterocycles. The Kier molecular flexibility index (Phi) is 13.1. The van der Waals surface area contributed by atoms with Gasteiger partial charge in [-0.25, -0.2) is 19.3 Å². The van der Waals surface area contributed by atoms with E-state index < -0.39 is 11.7 Å². The van der Waals surface area contributed by atoms with Gasteiger partial charge in [-0.3, -0.25) is 9.59 Å². The monoisotopic (exact) mass is 704 g/mol. The van der Waals surface area contributed by atoms with Gasteiger partial charge in [0.2, 0.25) is 17.8 Å². The van der Waals surface area contributed by atoms with Crippen molar-refractivity contribution in [2.24, 2.45) is 11.8 Å². The number of ether oxygens (including phenoxy) is 1. The highest BCUT2D eigenvalue weighted by molar-refractivity contribution is 5.98. The Bertz CT molecular complexity index is 1750. The number of hydrogen-bond acceptors (Lipinski definition) is 8. The summed E-state index contributed by atoms with van der Waals surface area (Å²) in [7, 11) is 0. The third-order valence-corrected chi connectivity index (χ3v) is 8.85. The first kappa shape index (κ1) is 38.0. The van der Waals surface area contributed by atoms with Crippen LogP contribution in [0.3, 0.4) is 0 Å². The SMILES string of the molecule is CC(C)(C)OC(=O)n1c(-c2ccccc2NC(=O)C2CCCCC2)cnc1N.Cl.Nc1ncc(-c2ccccc2NC(=O)C2CCCCC2)[nH]1. The maximum atomic E-state index is 12.7. The first-order chi connectivity index (χ1) is 23.5. The van der Waals surface area contributed by atoms with E-state index in [9.17, 15) is 14.4 Å². The lowest BCUT2D eigenvalue weighted by molar-refractivity contribution is -0.121. The van der Waals surface area contributed by atoms with Gasteiger partial charge in [0.05, 0.1) is 35.2 Å². The number of carbonyl (C=O) groups excluding carboxylic acids is 3. The van der Waals surface area contributed by atoms with Crippen LogP contribution in [0.4, 0.5) is 28.1 Å². The molecule has 4 aromatic rings. The molecule has 0 radical (unpaired) electrons. The fraction of sp³-hybridized carbons (Fsp3) is 0.432. The maximum Gasteiger partial charge on any atom is 0.421 e. The molecule has 2 amide bonds. The molecule has 50 heavy (non-hydrogen) atoms. The standard InChI is InChI=1S/C21H28N4O3.C16H20N4O.ClH/c1-21(2,3)28-20(27)25-17(13-23-19(25)22)15-11-7-8-12-16(15)24-18(26)14-9-5-4-6-10-14;17-16-18-10-14(20-16)12-8-4-5-9-13(12)19-15(21)11-6-2-1-3-7-11;/h7-8,11-14H,4-6,9-10H2,1-3H3,(H2,22,23)(H,24,26);4-5,8-11H,1-3,6-7H2,(H,19,21)(H3,17,18,20);1H. The van der Waals surface area contributed by atoms with Gasteiger partial charge in [0.1, 0.15) is 5.60 Å². The average molecular weight is 705 g/mol. The predicted molar refractivity (Wildman–Crippen MR) is 200 cm³/mol. The second-order valence-corrected chi connectivity index (χ2v) is 13.7. The van der Waals surface area contributed by atoms with Crippen LogP contribution in [0.2, 0.25) is 0 Å². The van der Waals surface area contributed by atoms with Crippen LogP contribution in [0.25, 0.3) is 22.5 Å². The number of carbonyl (C=O) groups is 3. The van der Waals surface area contributed by atoms with Gasteiger partial charge < -0.3 is 31.8 Å². The summed E-state index contributed by atoms with van der Waals surface area (Å²) in [5.41, 5.74) is 15.2. The van der Waals surface area contributed by atoms with Crippen LogP contribution >= 0.6 is 12.4 Å². The lowest BCUT2D eigenvalue weighted by Gasteiger charge is -2.22. The number of nitrogens with two attached hydrogens (primary N) is 2. The molecule has 13 heteroatoms. The quantitative estimate of drug-likeness (QED) is 0.134. The number of aromatic amines is 1. The topological polar surface area (TPSA) is 183 Å². The lowest BCUT2D eigenvalue weighted by Crippen LogP contribution is -2.28. The Hall–Kier alpha value is -4.84. The number of imidazole rings is 2. The second kappa shape index (κ2) is 17.2. The van der Waals surface area contributed by atoms with Crippen molar-refractivity contribution in [3.8, 4) is 22.5 Å². The summed E-state index contributed by atoms with van der Waals surface area (Å²) < 4.78 is 6.69. The Morgan fingerprint density at radius 1 is 0.760 bits per heavy atom. The number of nitrogens with zero attached hydrogens (tertiary/aromatic N) is 3. The van der Waals surface area contributed by atoms with E-state index >= 15 is 0 Å². The average Bonchev–Trinajstić information content (AvgIpc) is 3.70. The van der Waals surface area contributed by atoms with Crippen molar-refractivity contribution in [2.75, 3.05) is 22.1 Å². The number of halogens is 1. The summed E-state index contributed by atoms with van der Waals surface area (Å²) in [6.07, 6.45) is 13.3. The highest BCUT2D eigenvalue weighted by Gasteiger charge is 2.26. The molecule has 0 bridgehead atoms. The smallest absolute Gasteiger partial charge is 0.421 e. The first-order valence-electron chi connectivity index (χ1n) is 17.2. The van der Waals surface area contributed by atoms with Gasteiger partial charge in [-0.05, 0) is 58.6 Å². The van der Waals surface area contributed by atoms with Crippen molar-refractivity contribution in [1.29, 1.82) is 0 Å². The number of para-hydroxylation sites is 2. The summed E-state index contributed by atoms with van der Waals surface area (Å²) in [6.45, 7) is 5.36. The van der Waals surface area contributed by atoms with Crippen molar-refractivity contribution < 1.29 is 19.1 Å². The van der Waals surface area contributed by atoms with E-state index in [0.717, 1.165) is 68.3 Å². The number of H-pyrrole nitrogens is 1. The van der Waals surface area contributed by atoms with Crippen LogP contribution in [-0.2, 0) is 14.3 Å². The zero-order chi connectivity index (χ0) is 35.0. The van der Waals surface area contributed by atoms with Crippen LogP contribution in [-0.4, -0.2) is 43.0 Å². The van der Waals surface area contributed by atoms with Crippen molar-refractivity contribution >= 4 is 53.6 Å². The molecule has 7 N–H and O–H groups in total. The Morgan fingerprint density at radius 2 is 1.26 bits per heavy atom. The summed E-state index contributed by atoms with van der Waals surface area (Å²) in [4.78, 5) is 48.9. The van der Waals surface area contributed by atoms with Gasteiger partial charge in [-0.2, -0.15) is 0 Å². The number of hydrogen-bond donors (Lipinski definition) is 5. The molecule has 0 unspecified atom stereocenters. The number of amides is 2. The highest BCUT2D eigenvalue weighted by Crippen LogP contribution is 2.33. The van der Waals surface area contributed by atoms with Crippen LogP contribution in [0.5, 0.6) is 0 Å². The Balaban J connectivity index is 0.000000229. The van der Waals surface area contributed by atoms with Gasteiger partial charge in [-0.15, -0.1) is 12.4 Å². The fourth-order valence-electron chi connectivity index (χ4n) is 6.37. The van der Waals surface area contributed by atoms with Crippen LogP contribution < -0.4 is 22.1 Å². The van der Waals surface area contributed by atoms with Gasteiger partial charge in [0, 0.05) is 23.0 Å². The molecule has 2 aliphatic carbocycles. The number of benzene rings is 2. The molecule has 0 aliphatic heterocycles. The van der Waals surface area contributed by atoms with E-state index in [-0.39, 0.29) is 42.0 Å². The van der Waals surface area contributed by atoms with Crippen molar-refractivity contribution in [3.63, 3.8) is 0 Å². The zero-order valence-electron chi connectivity index (χ0n) is 29.0. The molecule has 0 spiro atoms. The Morgan fingerprint density at radius 3 is 1.76 bits per heavy atom. The molecule has 2 fully saturated rings. The summed E-state index contributed by atoms with van der Waals surface area (Å²) in [5, 5.41) is 6.09. The van der Waals surface area contributed by atoms with E-state index in [1.165, 1.54) is 23.6 Å². The summed E-state index contributed by atoms with van der Waals surface area (Å²) in [6, 6.07) is 15.0. The minimum atomic E-state index is -0.667. The number of rotatable bonds is 6. The minimum absolute atomic E-state index is 0. The molecule has 2 aromatic heterocycles. The lowest BCUT2D eigenvalue weighted by atomic mass is 9.88. The maximum absolute atomic E-state index is 12.7. The number of anilines is 4. The molecule has 6 rings (SSSR count). The predicted octanol–water partition coefficient (Wildman–Crippen LogP) is 8.03. The number of nitrogen functional groups attached to an aromatic ring is 2. The first-order valence-corrected chi connectivity index (χ1v) is 17.2. The largest absolute Gasteiger partial charge is 0.443 e. The molecular formula is C37H49ClN8O4. The van der Waals surface area contributed by atoms with Crippen LogP contribution in [0, 0.1) is 11.8 Å². The van der Waals surface area contributed by atoms with Crippen molar-refractivity contribution in [3.05, 3.63) is 60.9 Å². The number of aromatic nitrogens is 4. The van der Waals surface area contributed by atoms with Crippen LogP contribution in [0.1, 0.15) is 85.0 Å². The number of nitrogens with one attached hydrogen (secondary N) is 3. The summed E-state index contributed by atoms with van der Waals surface area (Å²) >= 11 is 0. The van der Waals surface area contributed by atoms with Gasteiger partial charge in [-0.1, -0.05) is 74.9 Å². The third kappa shape index (κ3) is 9.87.